The number of aryl methyl sites for hydroxylation is 1. The van der Waals surface area contributed by atoms with Gasteiger partial charge < -0.3 is 9.30 Å². The van der Waals surface area contributed by atoms with Crippen molar-refractivity contribution in [1.29, 1.82) is 0 Å². The molecule has 180 valence electrons. The Morgan fingerprint density at radius 1 is 0.972 bits per heavy atom. The number of carbonyl (C=O) groups is 2. The van der Waals surface area contributed by atoms with Crippen LogP contribution in [0.5, 0.6) is 0 Å². The molecule has 5 aromatic rings. The summed E-state index contributed by atoms with van der Waals surface area (Å²) in [5, 5.41) is 2.15. The molecule has 3 aromatic heterocycles. The number of ether oxygens (including phenoxy) is 1. The fraction of sp³-hybridized carbons (Fsp3) is 0.179. The Morgan fingerprint density at radius 2 is 1.75 bits per heavy atom. The summed E-state index contributed by atoms with van der Waals surface area (Å²) in [7, 11) is 0. The standard InChI is InChI=1S/C28H24N4O4/c1-3-14-32-24-21(27(34)31-15-8-7-11-23(31)29-24)17-22(28(35)36-4-2)25(32)30-26(33)20-13-12-18-9-5-6-10-19(18)16-20/h5-13,15-17H,3-4,14H2,1-2H3. The molecule has 0 radical (unpaired) electrons. The molecular weight excluding hydrogens is 456 g/mol. The van der Waals surface area contributed by atoms with Crippen LogP contribution in [-0.4, -0.2) is 32.4 Å². The number of fused-ring (bicyclic) bond motifs is 3. The highest BCUT2D eigenvalue weighted by molar-refractivity contribution is 6.00. The Morgan fingerprint density at radius 3 is 2.53 bits per heavy atom. The van der Waals surface area contributed by atoms with Gasteiger partial charge in [0.2, 0.25) is 0 Å². The maximum atomic E-state index is 13.3. The SMILES string of the molecule is CCCn1c(=NC(=O)c2ccc3ccccc3c2)c(C(=O)OCC)cc2c(=O)n3ccccc3nc21. The van der Waals surface area contributed by atoms with Crippen molar-refractivity contribution >= 4 is 39.3 Å². The Balaban J connectivity index is 1.83. The largest absolute Gasteiger partial charge is 0.462 e. The first-order valence-corrected chi connectivity index (χ1v) is 11.8. The number of hydrogen-bond acceptors (Lipinski definition) is 5. The van der Waals surface area contributed by atoms with Crippen LogP contribution < -0.4 is 11.0 Å². The van der Waals surface area contributed by atoms with E-state index in [1.807, 2.05) is 37.3 Å². The molecule has 0 bridgehead atoms. The first-order chi connectivity index (χ1) is 17.5. The molecule has 3 heterocycles. The third kappa shape index (κ3) is 4.07. The monoisotopic (exact) mass is 480 g/mol. The molecular formula is C28H24N4O4. The average Bonchev–Trinajstić information content (AvgIpc) is 2.90. The molecule has 8 heteroatoms. The maximum Gasteiger partial charge on any atom is 0.341 e. The summed E-state index contributed by atoms with van der Waals surface area (Å²) in [6.45, 7) is 4.18. The average molecular weight is 481 g/mol. The molecule has 0 fully saturated rings. The summed E-state index contributed by atoms with van der Waals surface area (Å²) < 4.78 is 8.35. The van der Waals surface area contributed by atoms with Crippen LogP contribution in [-0.2, 0) is 11.3 Å². The fourth-order valence-corrected chi connectivity index (χ4v) is 4.28. The molecule has 0 atom stereocenters. The van der Waals surface area contributed by atoms with Gasteiger partial charge in [-0.2, -0.15) is 4.99 Å². The van der Waals surface area contributed by atoms with Gasteiger partial charge >= 0.3 is 5.97 Å². The summed E-state index contributed by atoms with van der Waals surface area (Å²) >= 11 is 0. The van der Waals surface area contributed by atoms with Crippen molar-refractivity contribution in [3.63, 3.8) is 0 Å². The summed E-state index contributed by atoms with van der Waals surface area (Å²) in [6, 6.07) is 19.8. The first-order valence-electron chi connectivity index (χ1n) is 11.8. The highest BCUT2D eigenvalue weighted by Gasteiger charge is 2.20. The van der Waals surface area contributed by atoms with Crippen LogP contribution in [0.15, 0.2) is 82.7 Å². The second kappa shape index (κ2) is 9.58. The van der Waals surface area contributed by atoms with E-state index in [1.54, 1.807) is 48.0 Å². The zero-order valence-electron chi connectivity index (χ0n) is 20.0. The van der Waals surface area contributed by atoms with E-state index >= 15 is 0 Å². The van der Waals surface area contributed by atoms with E-state index in [9.17, 15) is 14.4 Å². The second-order valence-corrected chi connectivity index (χ2v) is 8.32. The number of esters is 1. The number of pyridine rings is 2. The molecule has 0 N–H and O–H groups in total. The molecule has 0 aliphatic heterocycles. The molecule has 36 heavy (non-hydrogen) atoms. The van der Waals surface area contributed by atoms with Gasteiger partial charge in [-0.05, 0) is 54.4 Å². The molecule has 0 saturated carbocycles. The lowest BCUT2D eigenvalue weighted by Crippen LogP contribution is -2.32. The first kappa shape index (κ1) is 23.2. The highest BCUT2D eigenvalue weighted by atomic mass is 16.5. The highest BCUT2D eigenvalue weighted by Crippen LogP contribution is 2.17. The summed E-state index contributed by atoms with van der Waals surface area (Å²) in [5.41, 5.74) is 1.04. The number of nitrogens with zero attached hydrogens (tertiary/aromatic N) is 4. The van der Waals surface area contributed by atoms with Crippen LogP contribution >= 0.6 is 0 Å². The van der Waals surface area contributed by atoms with Crippen LogP contribution in [0.3, 0.4) is 0 Å². The van der Waals surface area contributed by atoms with Gasteiger partial charge in [-0.25, -0.2) is 9.78 Å². The zero-order valence-corrected chi connectivity index (χ0v) is 20.0. The Labute approximate surface area is 206 Å². The van der Waals surface area contributed by atoms with Crippen molar-refractivity contribution < 1.29 is 14.3 Å². The quantitative estimate of drug-likeness (QED) is 0.278. The predicted octanol–water partition coefficient (Wildman–Crippen LogP) is 4.13. The number of rotatable bonds is 5. The van der Waals surface area contributed by atoms with E-state index in [0.717, 1.165) is 10.8 Å². The van der Waals surface area contributed by atoms with Crippen LogP contribution in [0.4, 0.5) is 0 Å². The van der Waals surface area contributed by atoms with Crippen LogP contribution in [0.2, 0.25) is 0 Å². The lowest BCUT2D eigenvalue weighted by molar-refractivity contribution is 0.0523. The number of amides is 1. The fourth-order valence-electron chi connectivity index (χ4n) is 4.28. The molecule has 0 unspecified atom stereocenters. The minimum Gasteiger partial charge on any atom is -0.462 e. The van der Waals surface area contributed by atoms with Gasteiger partial charge in [-0.3, -0.25) is 14.0 Å². The molecule has 8 nitrogen and oxygen atoms in total. The topological polar surface area (TPSA) is 95.0 Å². The van der Waals surface area contributed by atoms with E-state index in [1.165, 1.54) is 10.5 Å². The predicted molar refractivity (Wildman–Crippen MR) is 137 cm³/mol. The lowest BCUT2D eigenvalue weighted by atomic mass is 10.1. The van der Waals surface area contributed by atoms with Crippen molar-refractivity contribution in [2.24, 2.45) is 4.99 Å². The van der Waals surface area contributed by atoms with E-state index in [0.29, 0.717) is 29.8 Å². The van der Waals surface area contributed by atoms with Crippen molar-refractivity contribution in [3.8, 4) is 0 Å². The smallest absolute Gasteiger partial charge is 0.341 e. The van der Waals surface area contributed by atoms with Gasteiger partial charge in [0.15, 0.2) is 5.49 Å². The Bertz CT molecular complexity index is 1780. The zero-order chi connectivity index (χ0) is 25.2. The third-order valence-corrected chi connectivity index (χ3v) is 5.94. The van der Waals surface area contributed by atoms with Crippen LogP contribution in [0.1, 0.15) is 41.0 Å². The van der Waals surface area contributed by atoms with Gasteiger partial charge in [0.1, 0.15) is 16.9 Å². The summed E-state index contributed by atoms with van der Waals surface area (Å²) in [6.07, 6.45) is 2.29. The maximum absolute atomic E-state index is 13.3. The Hall–Kier alpha value is -4.59. The Kier molecular flexibility index (Phi) is 6.16. The number of benzene rings is 2. The molecule has 0 spiro atoms. The van der Waals surface area contributed by atoms with Crippen molar-refractivity contribution in [3.05, 3.63) is 99.9 Å². The van der Waals surface area contributed by atoms with Crippen LogP contribution in [0, 0.1) is 0 Å². The number of hydrogen-bond donors (Lipinski definition) is 0. The molecule has 5 rings (SSSR count). The molecule has 0 saturated heterocycles. The normalized spacial score (nSPS) is 11.9. The summed E-state index contributed by atoms with van der Waals surface area (Å²) in [5.74, 6) is -1.17. The second-order valence-electron chi connectivity index (χ2n) is 8.32. The molecule has 1 amide bonds. The van der Waals surface area contributed by atoms with E-state index in [-0.39, 0.29) is 28.6 Å². The van der Waals surface area contributed by atoms with E-state index in [4.69, 9.17) is 4.74 Å². The molecule has 0 aliphatic rings. The van der Waals surface area contributed by atoms with E-state index in [2.05, 4.69) is 9.98 Å². The number of aromatic nitrogens is 3. The molecule has 2 aromatic carbocycles. The molecule has 0 aliphatic carbocycles. The third-order valence-electron chi connectivity index (χ3n) is 5.94. The van der Waals surface area contributed by atoms with Gasteiger partial charge in [-0.1, -0.05) is 43.3 Å². The summed E-state index contributed by atoms with van der Waals surface area (Å²) in [4.78, 5) is 48.7. The minimum absolute atomic E-state index is 0.0433. The van der Waals surface area contributed by atoms with Gasteiger partial charge in [0.25, 0.3) is 11.5 Å². The van der Waals surface area contributed by atoms with Gasteiger partial charge in [-0.15, -0.1) is 0 Å². The van der Waals surface area contributed by atoms with Crippen molar-refractivity contribution in [2.75, 3.05) is 6.61 Å². The van der Waals surface area contributed by atoms with Gasteiger partial charge in [0, 0.05) is 18.3 Å². The van der Waals surface area contributed by atoms with Crippen molar-refractivity contribution in [1.82, 2.24) is 14.0 Å². The van der Waals surface area contributed by atoms with E-state index < -0.39 is 11.9 Å². The van der Waals surface area contributed by atoms with Crippen LogP contribution in [0.25, 0.3) is 27.5 Å². The van der Waals surface area contributed by atoms with Crippen molar-refractivity contribution in [2.45, 2.75) is 26.8 Å². The minimum atomic E-state index is -0.660. The lowest BCUT2D eigenvalue weighted by Gasteiger charge is -2.14. The number of carbonyl (C=O) groups excluding carboxylic acids is 2. The van der Waals surface area contributed by atoms with Gasteiger partial charge in [0.05, 0.1) is 12.0 Å².